The van der Waals surface area contributed by atoms with Crippen molar-refractivity contribution in [2.24, 2.45) is 10.2 Å². The SMILES string of the molecule is CCN(CC)CCCNC(=O)c1ccc(NC(=O)C(N=Nc2ccc(C)cc2)C(C)=O)cc1. The molecule has 2 aromatic rings. The van der Waals surface area contributed by atoms with E-state index >= 15 is 0 Å². The Labute approximate surface area is 195 Å². The third-order valence-electron chi connectivity index (χ3n) is 5.20. The number of nitrogens with zero attached hydrogens (tertiary/aromatic N) is 3. The fraction of sp³-hybridized carbons (Fsp3) is 0.400. The zero-order valence-electron chi connectivity index (χ0n) is 19.8. The number of Topliss-reactive ketones (excluding diaryl/α,β-unsaturated/α-hetero) is 1. The van der Waals surface area contributed by atoms with Gasteiger partial charge in [-0.05, 0) is 76.3 Å². The maximum Gasteiger partial charge on any atom is 0.258 e. The van der Waals surface area contributed by atoms with Gasteiger partial charge in [-0.2, -0.15) is 10.2 Å². The molecule has 1 unspecified atom stereocenters. The number of hydrogen-bond donors (Lipinski definition) is 2. The van der Waals surface area contributed by atoms with E-state index in [0.29, 0.717) is 23.5 Å². The summed E-state index contributed by atoms with van der Waals surface area (Å²) >= 11 is 0. The highest BCUT2D eigenvalue weighted by atomic mass is 16.2. The van der Waals surface area contributed by atoms with Crippen LogP contribution in [0.3, 0.4) is 0 Å². The zero-order valence-corrected chi connectivity index (χ0v) is 19.8. The van der Waals surface area contributed by atoms with Crippen LogP contribution in [-0.4, -0.2) is 54.7 Å². The molecule has 1 atom stereocenters. The van der Waals surface area contributed by atoms with Gasteiger partial charge in [0, 0.05) is 17.8 Å². The van der Waals surface area contributed by atoms with E-state index in [-0.39, 0.29) is 5.91 Å². The molecule has 0 saturated heterocycles. The first-order valence-corrected chi connectivity index (χ1v) is 11.2. The highest BCUT2D eigenvalue weighted by Crippen LogP contribution is 2.15. The molecule has 0 fully saturated rings. The molecule has 2 amide bonds. The van der Waals surface area contributed by atoms with Crippen LogP contribution in [0.25, 0.3) is 0 Å². The quantitative estimate of drug-likeness (QED) is 0.288. The van der Waals surface area contributed by atoms with E-state index in [4.69, 9.17) is 0 Å². The summed E-state index contributed by atoms with van der Waals surface area (Å²) in [5.41, 5.74) is 2.60. The van der Waals surface area contributed by atoms with Crippen LogP contribution in [-0.2, 0) is 9.59 Å². The van der Waals surface area contributed by atoms with Crippen LogP contribution in [0.4, 0.5) is 11.4 Å². The van der Waals surface area contributed by atoms with Gasteiger partial charge in [0.05, 0.1) is 5.69 Å². The first-order chi connectivity index (χ1) is 15.8. The minimum atomic E-state index is -1.25. The summed E-state index contributed by atoms with van der Waals surface area (Å²) in [6.07, 6.45) is 0.880. The fourth-order valence-electron chi connectivity index (χ4n) is 3.12. The molecule has 8 heteroatoms. The van der Waals surface area contributed by atoms with Crippen LogP contribution in [0, 0.1) is 6.92 Å². The van der Waals surface area contributed by atoms with Crippen molar-refractivity contribution >= 4 is 29.0 Å². The molecule has 0 aromatic heterocycles. The Bertz CT molecular complexity index is 951. The van der Waals surface area contributed by atoms with Crippen LogP contribution in [0.2, 0.25) is 0 Å². The minimum absolute atomic E-state index is 0.166. The average Bonchev–Trinajstić information content (AvgIpc) is 2.80. The van der Waals surface area contributed by atoms with E-state index in [1.54, 1.807) is 36.4 Å². The lowest BCUT2D eigenvalue weighted by molar-refractivity contribution is -0.126. The van der Waals surface area contributed by atoms with Crippen molar-refractivity contribution in [3.63, 3.8) is 0 Å². The number of carbonyl (C=O) groups is 3. The maximum absolute atomic E-state index is 12.6. The third kappa shape index (κ3) is 8.57. The zero-order chi connectivity index (χ0) is 24.2. The lowest BCUT2D eigenvalue weighted by atomic mass is 10.1. The van der Waals surface area contributed by atoms with Crippen molar-refractivity contribution in [1.82, 2.24) is 10.2 Å². The van der Waals surface area contributed by atoms with Crippen molar-refractivity contribution in [2.45, 2.75) is 40.2 Å². The van der Waals surface area contributed by atoms with E-state index in [1.165, 1.54) is 6.92 Å². The molecule has 176 valence electrons. The fourth-order valence-corrected chi connectivity index (χ4v) is 3.12. The molecule has 2 rings (SSSR count). The van der Waals surface area contributed by atoms with Crippen LogP contribution < -0.4 is 10.6 Å². The predicted molar refractivity (Wildman–Crippen MR) is 130 cm³/mol. The number of rotatable bonds is 12. The van der Waals surface area contributed by atoms with Crippen molar-refractivity contribution in [2.75, 3.05) is 31.5 Å². The first kappa shape index (κ1) is 25.9. The summed E-state index contributed by atoms with van der Waals surface area (Å²) in [5, 5.41) is 13.5. The Morgan fingerprint density at radius 3 is 2.18 bits per heavy atom. The summed E-state index contributed by atoms with van der Waals surface area (Å²) in [6.45, 7) is 11.0. The predicted octanol–water partition coefficient (Wildman–Crippen LogP) is 4.14. The molecule has 0 bridgehead atoms. The van der Waals surface area contributed by atoms with Crippen molar-refractivity contribution < 1.29 is 14.4 Å². The number of hydrogen-bond acceptors (Lipinski definition) is 6. The molecular weight excluding hydrogens is 418 g/mol. The van der Waals surface area contributed by atoms with Gasteiger partial charge in [-0.1, -0.05) is 31.5 Å². The van der Waals surface area contributed by atoms with Gasteiger partial charge in [-0.3, -0.25) is 14.4 Å². The molecule has 2 aromatic carbocycles. The molecule has 33 heavy (non-hydrogen) atoms. The average molecular weight is 452 g/mol. The molecule has 8 nitrogen and oxygen atoms in total. The number of carbonyl (C=O) groups excluding carboxylic acids is 3. The Morgan fingerprint density at radius 2 is 1.61 bits per heavy atom. The minimum Gasteiger partial charge on any atom is -0.352 e. The summed E-state index contributed by atoms with van der Waals surface area (Å²) in [4.78, 5) is 39.1. The van der Waals surface area contributed by atoms with E-state index in [0.717, 1.165) is 31.6 Å². The normalized spacial score (nSPS) is 12.0. The third-order valence-corrected chi connectivity index (χ3v) is 5.20. The van der Waals surface area contributed by atoms with Crippen molar-refractivity contribution in [3.8, 4) is 0 Å². The molecule has 0 spiro atoms. The molecule has 2 N–H and O–H groups in total. The molecule has 0 saturated carbocycles. The van der Waals surface area contributed by atoms with Gasteiger partial charge < -0.3 is 15.5 Å². The highest BCUT2D eigenvalue weighted by molar-refractivity contribution is 6.10. The van der Waals surface area contributed by atoms with Gasteiger partial charge in [-0.15, -0.1) is 0 Å². The standard InChI is InChI=1S/C25H33N5O3/c1-5-30(6-2)17-7-16-26-24(32)20-10-14-21(15-11-20)27-25(33)23(19(4)31)29-28-22-12-8-18(3)9-13-22/h8-15,23H,5-7,16-17H2,1-4H3,(H,26,32)(H,27,33). The molecule has 0 aliphatic heterocycles. The second kappa shape index (κ2) is 13.2. The molecule has 0 aliphatic rings. The number of anilines is 1. The molecular formula is C25H33N5O3. The smallest absolute Gasteiger partial charge is 0.258 e. The Balaban J connectivity index is 1.91. The summed E-state index contributed by atoms with van der Waals surface area (Å²) in [6, 6.07) is 12.5. The maximum atomic E-state index is 12.6. The van der Waals surface area contributed by atoms with Crippen molar-refractivity contribution in [3.05, 3.63) is 59.7 Å². The topological polar surface area (TPSA) is 103 Å². The van der Waals surface area contributed by atoms with Gasteiger partial charge in [0.15, 0.2) is 5.78 Å². The van der Waals surface area contributed by atoms with Crippen molar-refractivity contribution in [1.29, 1.82) is 0 Å². The van der Waals surface area contributed by atoms with Crippen LogP contribution >= 0.6 is 0 Å². The second-order valence-corrected chi connectivity index (χ2v) is 7.77. The van der Waals surface area contributed by atoms with Crippen LogP contribution in [0.5, 0.6) is 0 Å². The first-order valence-electron chi connectivity index (χ1n) is 11.2. The lowest BCUT2D eigenvalue weighted by Crippen LogP contribution is -2.32. The molecule has 0 heterocycles. The number of ketones is 1. The molecule has 0 aliphatic carbocycles. The van der Waals surface area contributed by atoms with E-state index in [2.05, 4.69) is 39.6 Å². The largest absolute Gasteiger partial charge is 0.352 e. The van der Waals surface area contributed by atoms with Crippen LogP contribution in [0.1, 0.15) is 43.1 Å². The van der Waals surface area contributed by atoms with Crippen LogP contribution in [0.15, 0.2) is 58.8 Å². The number of azo groups is 1. The second-order valence-electron chi connectivity index (χ2n) is 7.77. The number of nitrogens with one attached hydrogen (secondary N) is 2. The van der Waals surface area contributed by atoms with E-state index < -0.39 is 17.7 Å². The monoisotopic (exact) mass is 451 g/mol. The van der Waals surface area contributed by atoms with Gasteiger partial charge in [0.2, 0.25) is 6.04 Å². The number of aryl methyl sites for hydroxylation is 1. The highest BCUT2D eigenvalue weighted by Gasteiger charge is 2.23. The summed E-state index contributed by atoms with van der Waals surface area (Å²) in [5.74, 6) is -1.16. The van der Waals surface area contributed by atoms with Gasteiger partial charge in [0.1, 0.15) is 0 Å². The lowest BCUT2D eigenvalue weighted by Gasteiger charge is -2.17. The Morgan fingerprint density at radius 1 is 0.970 bits per heavy atom. The Hall–Kier alpha value is -3.39. The summed E-state index contributed by atoms with van der Waals surface area (Å²) < 4.78 is 0. The van der Waals surface area contributed by atoms with E-state index in [1.807, 2.05) is 19.1 Å². The molecule has 0 radical (unpaired) electrons. The van der Waals surface area contributed by atoms with E-state index in [9.17, 15) is 14.4 Å². The van der Waals surface area contributed by atoms with Gasteiger partial charge in [-0.25, -0.2) is 0 Å². The summed E-state index contributed by atoms with van der Waals surface area (Å²) in [7, 11) is 0. The number of amides is 2. The number of benzene rings is 2. The van der Waals surface area contributed by atoms with Gasteiger partial charge >= 0.3 is 0 Å². The van der Waals surface area contributed by atoms with Gasteiger partial charge in [0.25, 0.3) is 11.8 Å². The Kier molecular flexibility index (Phi) is 10.4.